The van der Waals surface area contributed by atoms with Crippen molar-refractivity contribution in [2.24, 2.45) is 17.8 Å². The minimum atomic E-state index is 0.518. The van der Waals surface area contributed by atoms with Crippen LogP contribution in [0.1, 0.15) is 42.6 Å². The molecule has 0 unspecified atom stereocenters. The van der Waals surface area contributed by atoms with E-state index in [4.69, 9.17) is 5.73 Å². The van der Waals surface area contributed by atoms with Gasteiger partial charge in [-0.3, -0.25) is 4.68 Å². The zero-order chi connectivity index (χ0) is 13.1. The van der Waals surface area contributed by atoms with Crippen LogP contribution in [0.15, 0.2) is 4.99 Å². The molecule has 5 heteroatoms. The monoisotopic (exact) mass is 249 g/mol. The molecule has 5 nitrogen and oxygen atoms in total. The van der Waals surface area contributed by atoms with Gasteiger partial charge in [-0.1, -0.05) is 12.8 Å². The van der Waals surface area contributed by atoms with E-state index in [-0.39, 0.29) is 0 Å². The molecule has 0 aromatic carbocycles. The van der Waals surface area contributed by atoms with Gasteiger partial charge in [0.25, 0.3) is 0 Å². The zero-order valence-electron chi connectivity index (χ0n) is 11.5. The molecule has 0 atom stereocenters. The first kappa shape index (κ1) is 12.9. The number of rotatable bonds is 3. The van der Waals surface area contributed by atoms with Crippen molar-refractivity contribution in [3.63, 3.8) is 0 Å². The SMILES string of the molecule is Cc1nn(C)c(C)c1CN=C(N)NC1CCCC1. The molecule has 0 amide bonds. The first-order valence-electron chi connectivity index (χ1n) is 6.63. The summed E-state index contributed by atoms with van der Waals surface area (Å²) in [6, 6.07) is 0.518. The van der Waals surface area contributed by atoms with Crippen molar-refractivity contribution in [2.45, 2.75) is 52.1 Å². The Bertz CT molecular complexity index is 440. The second-order valence-electron chi connectivity index (χ2n) is 5.10. The van der Waals surface area contributed by atoms with Crippen LogP contribution in [0.4, 0.5) is 0 Å². The molecule has 1 saturated carbocycles. The van der Waals surface area contributed by atoms with Crippen molar-refractivity contribution in [2.75, 3.05) is 0 Å². The number of guanidine groups is 1. The Balaban J connectivity index is 1.96. The van der Waals surface area contributed by atoms with E-state index in [2.05, 4.69) is 22.3 Å². The predicted octanol–water partition coefficient (Wildman–Crippen LogP) is 1.38. The second kappa shape index (κ2) is 5.42. The standard InChI is InChI=1S/C13H23N5/c1-9-12(10(2)18(3)17-9)8-15-13(14)16-11-6-4-5-7-11/h11H,4-8H2,1-3H3,(H3,14,15,16). The summed E-state index contributed by atoms with van der Waals surface area (Å²) < 4.78 is 1.89. The van der Waals surface area contributed by atoms with Gasteiger partial charge in [-0.2, -0.15) is 5.10 Å². The molecule has 1 aromatic heterocycles. The van der Waals surface area contributed by atoms with E-state index in [1.54, 1.807) is 0 Å². The number of nitrogens with zero attached hydrogens (tertiary/aromatic N) is 3. The lowest BCUT2D eigenvalue weighted by atomic mass is 10.2. The van der Waals surface area contributed by atoms with Crippen LogP contribution in [0.3, 0.4) is 0 Å². The minimum Gasteiger partial charge on any atom is -0.370 e. The van der Waals surface area contributed by atoms with Gasteiger partial charge in [0.1, 0.15) is 0 Å². The van der Waals surface area contributed by atoms with Crippen molar-refractivity contribution in [3.05, 3.63) is 17.0 Å². The maximum Gasteiger partial charge on any atom is 0.189 e. The summed E-state index contributed by atoms with van der Waals surface area (Å²) in [6.07, 6.45) is 5.01. The Morgan fingerprint density at radius 3 is 2.67 bits per heavy atom. The van der Waals surface area contributed by atoms with Gasteiger partial charge in [-0.15, -0.1) is 0 Å². The van der Waals surface area contributed by atoms with Crippen LogP contribution in [0.25, 0.3) is 0 Å². The van der Waals surface area contributed by atoms with E-state index in [1.165, 1.54) is 31.2 Å². The summed E-state index contributed by atoms with van der Waals surface area (Å²) in [5.74, 6) is 0.560. The highest BCUT2D eigenvalue weighted by atomic mass is 15.3. The number of hydrogen-bond donors (Lipinski definition) is 2. The average molecular weight is 249 g/mol. The highest BCUT2D eigenvalue weighted by molar-refractivity contribution is 5.78. The summed E-state index contributed by atoms with van der Waals surface area (Å²) in [5, 5.41) is 7.67. The fourth-order valence-corrected chi connectivity index (χ4v) is 2.54. The minimum absolute atomic E-state index is 0.518. The molecule has 1 aliphatic carbocycles. The first-order valence-corrected chi connectivity index (χ1v) is 6.63. The van der Waals surface area contributed by atoms with Crippen LogP contribution in [0.5, 0.6) is 0 Å². The number of hydrogen-bond acceptors (Lipinski definition) is 2. The van der Waals surface area contributed by atoms with Crippen molar-refractivity contribution < 1.29 is 0 Å². The van der Waals surface area contributed by atoms with Gasteiger partial charge < -0.3 is 11.1 Å². The fraction of sp³-hybridized carbons (Fsp3) is 0.692. The summed E-state index contributed by atoms with van der Waals surface area (Å²) in [6.45, 7) is 4.68. The molecular weight excluding hydrogens is 226 g/mol. The van der Waals surface area contributed by atoms with Crippen molar-refractivity contribution in [1.82, 2.24) is 15.1 Å². The van der Waals surface area contributed by atoms with Gasteiger partial charge >= 0.3 is 0 Å². The zero-order valence-corrected chi connectivity index (χ0v) is 11.5. The molecule has 0 spiro atoms. The molecule has 1 heterocycles. The highest BCUT2D eigenvalue weighted by Crippen LogP contribution is 2.17. The quantitative estimate of drug-likeness (QED) is 0.628. The van der Waals surface area contributed by atoms with Gasteiger partial charge in [-0.05, 0) is 26.7 Å². The molecular formula is C13H23N5. The van der Waals surface area contributed by atoms with E-state index in [0.717, 1.165) is 11.4 Å². The molecule has 3 N–H and O–H groups in total. The third kappa shape index (κ3) is 2.83. The Morgan fingerprint density at radius 1 is 1.44 bits per heavy atom. The van der Waals surface area contributed by atoms with E-state index < -0.39 is 0 Å². The van der Waals surface area contributed by atoms with E-state index in [9.17, 15) is 0 Å². The van der Waals surface area contributed by atoms with Gasteiger partial charge in [-0.25, -0.2) is 4.99 Å². The Kier molecular flexibility index (Phi) is 3.89. The number of nitrogens with one attached hydrogen (secondary N) is 1. The number of aliphatic imine (C=N–C) groups is 1. The lowest BCUT2D eigenvalue weighted by Crippen LogP contribution is -2.38. The van der Waals surface area contributed by atoms with Crippen LogP contribution in [0.2, 0.25) is 0 Å². The third-order valence-electron chi connectivity index (χ3n) is 3.77. The fourth-order valence-electron chi connectivity index (χ4n) is 2.54. The molecule has 1 fully saturated rings. The smallest absolute Gasteiger partial charge is 0.189 e. The van der Waals surface area contributed by atoms with Crippen molar-refractivity contribution in [1.29, 1.82) is 0 Å². The third-order valence-corrected chi connectivity index (χ3v) is 3.77. The topological polar surface area (TPSA) is 68.2 Å². The van der Waals surface area contributed by atoms with E-state index in [0.29, 0.717) is 18.5 Å². The maximum atomic E-state index is 5.92. The van der Waals surface area contributed by atoms with Gasteiger partial charge in [0.05, 0.1) is 12.2 Å². The molecule has 1 aromatic rings. The Labute approximate surface area is 108 Å². The lowest BCUT2D eigenvalue weighted by Gasteiger charge is -2.12. The van der Waals surface area contributed by atoms with Crippen LogP contribution < -0.4 is 11.1 Å². The highest BCUT2D eigenvalue weighted by Gasteiger charge is 2.15. The molecule has 1 aliphatic rings. The summed E-state index contributed by atoms with van der Waals surface area (Å²) in [4.78, 5) is 4.42. The van der Waals surface area contributed by atoms with Gasteiger partial charge in [0, 0.05) is 24.3 Å². The normalized spacial score (nSPS) is 17.4. The molecule has 18 heavy (non-hydrogen) atoms. The molecule has 0 aliphatic heterocycles. The van der Waals surface area contributed by atoms with E-state index in [1.807, 2.05) is 18.7 Å². The second-order valence-corrected chi connectivity index (χ2v) is 5.10. The Morgan fingerprint density at radius 2 is 2.11 bits per heavy atom. The predicted molar refractivity (Wildman–Crippen MR) is 73.4 cm³/mol. The lowest BCUT2D eigenvalue weighted by molar-refractivity contribution is 0.625. The molecule has 0 radical (unpaired) electrons. The molecule has 100 valence electrons. The van der Waals surface area contributed by atoms with Crippen LogP contribution in [0, 0.1) is 13.8 Å². The maximum absolute atomic E-state index is 5.92. The van der Waals surface area contributed by atoms with Crippen molar-refractivity contribution >= 4 is 5.96 Å². The van der Waals surface area contributed by atoms with Gasteiger partial charge in [0.2, 0.25) is 0 Å². The Hall–Kier alpha value is -1.52. The number of nitrogens with two attached hydrogens (primary N) is 1. The molecule has 0 bridgehead atoms. The number of aryl methyl sites for hydroxylation is 2. The van der Waals surface area contributed by atoms with Crippen LogP contribution in [-0.4, -0.2) is 21.8 Å². The molecule has 2 rings (SSSR count). The largest absolute Gasteiger partial charge is 0.370 e. The van der Waals surface area contributed by atoms with Crippen LogP contribution >= 0.6 is 0 Å². The average Bonchev–Trinajstić information content (AvgIpc) is 2.88. The molecule has 0 saturated heterocycles. The summed E-state index contributed by atoms with van der Waals surface area (Å²) in [7, 11) is 1.95. The van der Waals surface area contributed by atoms with Crippen LogP contribution in [-0.2, 0) is 13.6 Å². The first-order chi connectivity index (χ1) is 8.58. The van der Waals surface area contributed by atoms with Gasteiger partial charge in [0.15, 0.2) is 5.96 Å². The number of aromatic nitrogens is 2. The van der Waals surface area contributed by atoms with Crippen molar-refractivity contribution in [3.8, 4) is 0 Å². The van der Waals surface area contributed by atoms with E-state index >= 15 is 0 Å². The summed E-state index contributed by atoms with van der Waals surface area (Å²) in [5.41, 5.74) is 9.29. The summed E-state index contributed by atoms with van der Waals surface area (Å²) >= 11 is 0.